The minimum absolute atomic E-state index is 0.261. The van der Waals surface area contributed by atoms with Crippen LogP contribution in [0.4, 0.5) is 4.39 Å². The zero-order valence-corrected chi connectivity index (χ0v) is 9.79. The van der Waals surface area contributed by atoms with Crippen molar-refractivity contribution in [2.45, 2.75) is 12.8 Å². The first-order valence-electron chi connectivity index (χ1n) is 4.84. The molecule has 84 valence electrons. The Morgan fingerprint density at radius 2 is 2.12 bits per heavy atom. The lowest BCUT2D eigenvalue weighted by atomic mass is 10.1. The fraction of sp³-hybridized carbons (Fsp3) is 0.273. The smallest absolute Gasteiger partial charge is 0.166 e. The van der Waals surface area contributed by atoms with Gasteiger partial charge in [-0.25, -0.2) is 4.39 Å². The average Bonchev–Trinajstić information content (AvgIpc) is 2.63. The molecule has 0 unspecified atom stereocenters. The lowest BCUT2D eigenvalue weighted by molar-refractivity contribution is 0.628. The van der Waals surface area contributed by atoms with Crippen LogP contribution in [0.5, 0.6) is 0 Å². The van der Waals surface area contributed by atoms with Crippen LogP contribution in [-0.4, -0.2) is 14.8 Å². The second-order valence-corrected chi connectivity index (χ2v) is 3.88. The van der Waals surface area contributed by atoms with Crippen molar-refractivity contribution in [3.05, 3.63) is 35.4 Å². The predicted molar refractivity (Wildman–Crippen MR) is 60.7 cm³/mol. The summed E-state index contributed by atoms with van der Waals surface area (Å²) in [6.07, 6.45) is 0. The van der Waals surface area contributed by atoms with Crippen LogP contribution in [0.25, 0.3) is 11.4 Å². The summed E-state index contributed by atoms with van der Waals surface area (Å²) in [6, 6.07) is 4.90. The summed E-state index contributed by atoms with van der Waals surface area (Å²) < 4.78 is 15.3. The van der Waals surface area contributed by atoms with Crippen molar-refractivity contribution in [2.75, 3.05) is 0 Å². The van der Waals surface area contributed by atoms with Crippen molar-refractivity contribution < 1.29 is 4.39 Å². The van der Waals surface area contributed by atoms with Crippen molar-refractivity contribution in [3.63, 3.8) is 0 Å². The van der Waals surface area contributed by atoms with Gasteiger partial charge < -0.3 is 4.57 Å². The summed E-state index contributed by atoms with van der Waals surface area (Å²) >= 11 is 5.69. The van der Waals surface area contributed by atoms with Crippen LogP contribution < -0.4 is 0 Å². The Kier molecular flexibility index (Phi) is 2.92. The van der Waals surface area contributed by atoms with Crippen LogP contribution in [0.1, 0.15) is 11.4 Å². The second-order valence-electron chi connectivity index (χ2n) is 3.62. The summed E-state index contributed by atoms with van der Waals surface area (Å²) in [4.78, 5) is 0. The van der Waals surface area contributed by atoms with Gasteiger partial charge in [0.05, 0.1) is 11.4 Å². The Hall–Kier alpha value is -1.42. The third kappa shape index (κ3) is 1.80. The molecule has 1 heterocycles. The van der Waals surface area contributed by atoms with Gasteiger partial charge in [0.1, 0.15) is 11.6 Å². The van der Waals surface area contributed by atoms with Gasteiger partial charge in [-0.3, -0.25) is 0 Å². The quantitative estimate of drug-likeness (QED) is 0.755. The topological polar surface area (TPSA) is 30.7 Å². The highest BCUT2D eigenvalue weighted by Gasteiger charge is 2.13. The molecule has 0 spiro atoms. The highest BCUT2D eigenvalue weighted by Crippen LogP contribution is 2.22. The second kappa shape index (κ2) is 4.22. The largest absolute Gasteiger partial charge is 0.313 e. The van der Waals surface area contributed by atoms with Gasteiger partial charge in [0.25, 0.3) is 0 Å². The van der Waals surface area contributed by atoms with Gasteiger partial charge in [0.15, 0.2) is 5.82 Å². The van der Waals surface area contributed by atoms with Crippen LogP contribution in [0, 0.1) is 12.7 Å². The maximum atomic E-state index is 13.6. The molecule has 0 amide bonds. The number of halogens is 2. The molecule has 1 aromatic carbocycles. The number of aryl methyl sites for hydroxylation is 1. The first kappa shape index (κ1) is 11.1. The molecule has 5 heteroatoms. The maximum Gasteiger partial charge on any atom is 0.166 e. The van der Waals surface area contributed by atoms with E-state index in [0.29, 0.717) is 17.2 Å². The predicted octanol–water partition coefficient (Wildman–Crippen LogP) is 2.67. The summed E-state index contributed by atoms with van der Waals surface area (Å²) in [7, 11) is 1.77. The molecule has 0 aliphatic carbocycles. The molecule has 0 radical (unpaired) electrons. The van der Waals surface area contributed by atoms with Crippen molar-refractivity contribution in [2.24, 2.45) is 7.05 Å². The summed E-state index contributed by atoms with van der Waals surface area (Å²) in [5.74, 6) is 1.08. The Morgan fingerprint density at radius 1 is 1.38 bits per heavy atom. The lowest BCUT2D eigenvalue weighted by Crippen LogP contribution is -1.99. The van der Waals surface area contributed by atoms with Crippen LogP contribution in [-0.2, 0) is 12.9 Å². The molecule has 0 N–H and O–H groups in total. The van der Waals surface area contributed by atoms with E-state index in [2.05, 4.69) is 10.2 Å². The molecule has 0 bridgehead atoms. The highest BCUT2D eigenvalue weighted by molar-refractivity contribution is 6.16. The zero-order valence-electron chi connectivity index (χ0n) is 9.04. The van der Waals surface area contributed by atoms with Gasteiger partial charge in [-0.05, 0) is 19.1 Å². The maximum absolute atomic E-state index is 13.6. The molecule has 2 rings (SSSR count). The van der Waals surface area contributed by atoms with Gasteiger partial charge in [-0.1, -0.05) is 11.6 Å². The van der Waals surface area contributed by atoms with Crippen molar-refractivity contribution in [1.29, 1.82) is 0 Å². The lowest BCUT2D eigenvalue weighted by Gasteiger charge is -2.04. The summed E-state index contributed by atoms with van der Waals surface area (Å²) in [5, 5.41) is 7.84. The SMILES string of the molecule is Cc1ccc(F)c(-c2nnc(CCl)n2C)c1. The third-order valence-electron chi connectivity index (χ3n) is 2.45. The van der Waals surface area contributed by atoms with E-state index in [-0.39, 0.29) is 11.7 Å². The van der Waals surface area contributed by atoms with Gasteiger partial charge >= 0.3 is 0 Å². The number of hydrogen-bond donors (Lipinski definition) is 0. The number of rotatable bonds is 2. The Morgan fingerprint density at radius 3 is 2.75 bits per heavy atom. The molecular weight excluding hydrogens is 229 g/mol. The highest BCUT2D eigenvalue weighted by atomic mass is 35.5. The van der Waals surface area contributed by atoms with Crippen LogP contribution in [0.15, 0.2) is 18.2 Å². The van der Waals surface area contributed by atoms with Gasteiger partial charge in [-0.15, -0.1) is 21.8 Å². The molecule has 0 fully saturated rings. The first-order valence-corrected chi connectivity index (χ1v) is 5.37. The van der Waals surface area contributed by atoms with E-state index >= 15 is 0 Å². The van der Waals surface area contributed by atoms with Crippen molar-refractivity contribution in [1.82, 2.24) is 14.8 Å². The average molecular weight is 240 g/mol. The summed E-state index contributed by atoms with van der Waals surface area (Å²) in [6.45, 7) is 1.90. The Bertz CT molecular complexity index is 522. The van der Waals surface area contributed by atoms with Gasteiger partial charge in [-0.2, -0.15) is 0 Å². The number of nitrogens with zero attached hydrogens (tertiary/aromatic N) is 3. The van der Waals surface area contributed by atoms with E-state index in [9.17, 15) is 4.39 Å². The van der Waals surface area contributed by atoms with Gasteiger partial charge in [0.2, 0.25) is 0 Å². The number of aromatic nitrogens is 3. The van der Waals surface area contributed by atoms with E-state index in [0.717, 1.165) is 5.56 Å². The number of hydrogen-bond acceptors (Lipinski definition) is 2. The molecule has 0 aliphatic heterocycles. The van der Waals surface area contributed by atoms with Crippen LogP contribution in [0.3, 0.4) is 0 Å². The fourth-order valence-electron chi connectivity index (χ4n) is 1.52. The standard InChI is InChI=1S/C11H11ClFN3/c1-7-3-4-9(13)8(5-7)11-15-14-10(6-12)16(11)2/h3-5H,6H2,1-2H3. The minimum atomic E-state index is -0.303. The van der Waals surface area contributed by atoms with Gasteiger partial charge in [0, 0.05) is 7.05 Å². The molecule has 16 heavy (non-hydrogen) atoms. The van der Waals surface area contributed by atoms with Crippen molar-refractivity contribution in [3.8, 4) is 11.4 Å². The Labute approximate surface area is 97.9 Å². The van der Waals surface area contributed by atoms with Crippen molar-refractivity contribution >= 4 is 11.6 Å². The molecular formula is C11H11ClFN3. The normalized spacial score (nSPS) is 10.8. The van der Waals surface area contributed by atoms with E-state index in [4.69, 9.17) is 11.6 Å². The molecule has 3 nitrogen and oxygen atoms in total. The third-order valence-corrected chi connectivity index (χ3v) is 2.69. The molecule has 1 aromatic heterocycles. The number of alkyl halides is 1. The first-order chi connectivity index (χ1) is 7.63. The molecule has 0 atom stereocenters. The molecule has 0 saturated carbocycles. The van der Waals surface area contributed by atoms with E-state index < -0.39 is 0 Å². The Balaban J connectivity index is 2.58. The van der Waals surface area contributed by atoms with E-state index in [1.807, 2.05) is 6.92 Å². The van der Waals surface area contributed by atoms with E-state index in [1.165, 1.54) is 6.07 Å². The molecule has 2 aromatic rings. The fourth-order valence-corrected chi connectivity index (χ4v) is 1.76. The molecule has 0 aliphatic rings. The van der Waals surface area contributed by atoms with Crippen LogP contribution in [0.2, 0.25) is 0 Å². The number of benzene rings is 1. The van der Waals surface area contributed by atoms with E-state index in [1.54, 1.807) is 23.7 Å². The van der Waals surface area contributed by atoms with Crippen LogP contribution >= 0.6 is 11.6 Å². The summed E-state index contributed by atoms with van der Waals surface area (Å²) in [5.41, 5.74) is 1.43. The zero-order chi connectivity index (χ0) is 11.7. The monoisotopic (exact) mass is 239 g/mol. The molecule has 0 saturated heterocycles. The minimum Gasteiger partial charge on any atom is -0.313 e.